The highest BCUT2D eigenvalue weighted by atomic mass is 31.1. The smallest absolute Gasteiger partial charge is 0.351 e. The first kappa shape index (κ1) is 22.5. The Kier molecular flexibility index (Phi) is 16.0. The average molecular weight is 348 g/mol. The van der Waals surface area contributed by atoms with E-state index < -0.39 is 8.25 Å². The van der Waals surface area contributed by atoms with Crippen LogP contribution in [-0.4, -0.2) is 23.4 Å². The van der Waals surface area contributed by atoms with Gasteiger partial charge >= 0.3 is 8.25 Å². The molecule has 2 N–H and O–H groups in total. The Labute approximate surface area is 142 Å². The van der Waals surface area contributed by atoms with E-state index in [1.54, 1.807) is 6.92 Å². The van der Waals surface area contributed by atoms with Crippen LogP contribution >= 0.6 is 8.25 Å². The highest BCUT2D eigenvalue weighted by molar-refractivity contribution is 7.32. The quantitative estimate of drug-likeness (QED) is 0.308. The molecule has 0 aromatic rings. The van der Waals surface area contributed by atoms with Gasteiger partial charge in [-0.2, -0.15) is 0 Å². The van der Waals surface area contributed by atoms with Crippen molar-refractivity contribution >= 4 is 14.2 Å². The normalized spacial score (nSPS) is 12.9. The Bertz CT molecular complexity index is 313. The Hall–Kier alpha value is -0.510. The van der Waals surface area contributed by atoms with E-state index in [0.717, 1.165) is 12.8 Å². The highest BCUT2D eigenvalue weighted by Gasteiger charge is 2.16. The third-order valence-corrected chi connectivity index (χ3v) is 4.22. The van der Waals surface area contributed by atoms with Gasteiger partial charge in [0.25, 0.3) is 0 Å². The molecule has 2 unspecified atom stereocenters. The van der Waals surface area contributed by atoms with Gasteiger partial charge in [-0.3, -0.25) is 4.79 Å². The minimum Gasteiger partial charge on any atom is -0.351 e. The second-order valence-electron chi connectivity index (χ2n) is 6.29. The maximum atomic E-state index is 11.7. The third kappa shape index (κ3) is 17.7. The zero-order valence-corrected chi connectivity index (χ0v) is 15.8. The molecule has 0 fully saturated rings. The zero-order valence-electron chi connectivity index (χ0n) is 14.9. The van der Waals surface area contributed by atoms with Crippen LogP contribution < -0.4 is 5.32 Å². The van der Waals surface area contributed by atoms with Gasteiger partial charge in [0.05, 0.1) is 6.04 Å². The molecule has 6 heteroatoms. The fourth-order valence-corrected chi connectivity index (χ4v) is 2.87. The van der Waals surface area contributed by atoms with Crippen molar-refractivity contribution in [2.45, 2.75) is 96.9 Å². The number of hydrogen-bond donors (Lipinski definition) is 2. The summed E-state index contributed by atoms with van der Waals surface area (Å²) in [5.41, 5.74) is 0. The summed E-state index contributed by atoms with van der Waals surface area (Å²) in [7, 11) is -2.59. The van der Waals surface area contributed by atoms with Gasteiger partial charge in [0.2, 0.25) is 5.91 Å². The van der Waals surface area contributed by atoms with Crippen molar-refractivity contribution in [3.05, 3.63) is 0 Å². The lowest BCUT2D eigenvalue weighted by atomic mass is 10.1. The molecule has 0 heterocycles. The monoisotopic (exact) mass is 348 g/mol. The molecule has 0 aliphatic carbocycles. The summed E-state index contributed by atoms with van der Waals surface area (Å²) in [6, 6.07) is -0.235. The van der Waals surface area contributed by atoms with Crippen LogP contribution in [0.4, 0.5) is 0 Å². The van der Waals surface area contributed by atoms with Crippen LogP contribution in [0.1, 0.15) is 90.9 Å². The van der Waals surface area contributed by atoms with Crippen LogP contribution in [-0.2, 0) is 13.9 Å². The second-order valence-corrected chi connectivity index (χ2v) is 7.02. The lowest BCUT2D eigenvalue weighted by molar-refractivity contribution is -0.122. The predicted octanol–water partition coefficient (Wildman–Crippen LogP) is 4.86. The molecule has 2 atom stereocenters. The molecule has 0 aliphatic rings. The molecule has 1 amide bonds. The minimum atomic E-state index is -2.59. The largest absolute Gasteiger partial charge is 0.694 e. The molecule has 0 saturated carbocycles. The van der Waals surface area contributed by atoms with Gasteiger partial charge < -0.3 is 5.32 Å². The van der Waals surface area contributed by atoms with Crippen LogP contribution in [0.5, 0.6) is 0 Å². The number of rotatable bonds is 16. The molecule has 0 rings (SSSR count). The standard InChI is InChI=1S/C17H34NO4P/c1-3-4-5-6-7-8-9-10-11-12-13-14-17(19)18-16(2)15-22-23(20)21/h16H,3-15H2,1-2H3,(H-,18,19,20,21)/p+1. The van der Waals surface area contributed by atoms with Crippen LogP contribution in [0.15, 0.2) is 0 Å². The van der Waals surface area contributed by atoms with Gasteiger partial charge in [0, 0.05) is 11.0 Å². The molecule has 0 radical (unpaired) electrons. The molecule has 0 saturated heterocycles. The average Bonchev–Trinajstić information content (AvgIpc) is 2.50. The Morgan fingerprint density at radius 3 is 1.96 bits per heavy atom. The van der Waals surface area contributed by atoms with E-state index >= 15 is 0 Å². The van der Waals surface area contributed by atoms with Crippen LogP contribution in [0.2, 0.25) is 0 Å². The van der Waals surface area contributed by atoms with Crippen molar-refractivity contribution in [2.75, 3.05) is 6.61 Å². The van der Waals surface area contributed by atoms with Crippen molar-refractivity contribution in [3.8, 4) is 0 Å². The number of carbonyl (C=O) groups excluding carboxylic acids is 1. The van der Waals surface area contributed by atoms with E-state index in [9.17, 15) is 9.36 Å². The highest BCUT2D eigenvalue weighted by Crippen LogP contribution is 2.14. The number of hydrogen-bond acceptors (Lipinski definition) is 3. The first-order valence-electron chi connectivity index (χ1n) is 9.14. The Morgan fingerprint density at radius 1 is 1.00 bits per heavy atom. The fraction of sp³-hybridized carbons (Fsp3) is 0.941. The minimum absolute atomic E-state index is 0.00908. The maximum absolute atomic E-state index is 11.7. The summed E-state index contributed by atoms with van der Waals surface area (Å²) >= 11 is 0. The van der Waals surface area contributed by atoms with Crippen LogP contribution in [0.25, 0.3) is 0 Å². The van der Waals surface area contributed by atoms with Gasteiger partial charge in [-0.05, 0) is 13.3 Å². The number of carbonyl (C=O) groups is 1. The van der Waals surface area contributed by atoms with Crippen molar-refractivity contribution in [3.63, 3.8) is 0 Å². The SMILES string of the molecule is CCCCCCCCCCCCCC(=O)NC(C)CO[P+](=O)O. The number of amides is 1. The summed E-state index contributed by atoms with van der Waals surface area (Å²) in [5.74, 6) is -0.00908. The van der Waals surface area contributed by atoms with E-state index in [4.69, 9.17) is 4.89 Å². The summed E-state index contributed by atoms with van der Waals surface area (Å²) in [6.07, 6.45) is 14.4. The van der Waals surface area contributed by atoms with E-state index in [1.807, 2.05) is 0 Å². The van der Waals surface area contributed by atoms with Gasteiger partial charge in [0.1, 0.15) is 6.61 Å². The molecule has 0 aromatic heterocycles. The van der Waals surface area contributed by atoms with E-state index in [2.05, 4.69) is 16.8 Å². The van der Waals surface area contributed by atoms with Crippen LogP contribution in [0.3, 0.4) is 0 Å². The predicted molar refractivity (Wildman–Crippen MR) is 94.5 cm³/mol. The molecule has 0 bridgehead atoms. The first-order chi connectivity index (χ1) is 11.1. The lowest BCUT2D eigenvalue weighted by Gasteiger charge is -2.10. The van der Waals surface area contributed by atoms with Crippen molar-refractivity contribution in [1.82, 2.24) is 5.32 Å². The zero-order chi connectivity index (χ0) is 17.3. The van der Waals surface area contributed by atoms with Gasteiger partial charge in [-0.15, -0.1) is 9.42 Å². The molecule has 0 aromatic carbocycles. The molecule has 136 valence electrons. The summed E-state index contributed by atoms with van der Waals surface area (Å²) in [4.78, 5) is 20.2. The topological polar surface area (TPSA) is 75.6 Å². The number of unbranched alkanes of at least 4 members (excludes halogenated alkanes) is 10. The molecule has 5 nitrogen and oxygen atoms in total. The van der Waals surface area contributed by atoms with E-state index in [1.165, 1.54) is 57.8 Å². The Balaban J connectivity index is 3.30. The summed E-state index contributed by atoms with van der Waals surface area (Å²) in [5, 5.41) is 2.77. The molecule has 23 heavy (non-hydrogen) atoms. The third-order valence-electron chi connectivity index (χ3n) is 3.85. The molecular formula is C17H35NO4P+. The van der Waals surface area contributed by atoms with E-state index in [0.29, 0.717) is 6.42 Å². The van der Waals surface area contributed by atoms with Crippen LogP contribution in [0, 0.1) is 0 Å². The molecule has 0 aliphatic heterocycles. The van der Waals surface area contributed by atoms with Gasteiger partial charge in [-0.25, -0.2) is 0 Å². The fourth-order valence-electron chi connectivity index (χ4n) is 2.51. The second kappa shape index (κ2) is 16.4. The molecular weight excluding hydrogens is 313 g/mol. The molecule has 0 spiro atoms. The number of nitrogens with one attached hydrogen (secondary N) is 1. The van der Waals surface area contributed by atoms with Crippen molar-refractivity contribution in [2.24, 2.45) is 0 Å². The Morgan fingerprint density at radius 2 is 1.48 bits per heavy atom. The first-order valence-corrected chi connectivity index (χ1v) is 10.3. The van der Waals surface area contributed by atoms with Gasteiger partial charge in [0.15, 0.2) is 0 Å². The van der Waals surface area contributed by atoms with Crippen molar-refractivity contribution in [1.29, 1.82) is 0 Å². The summed E-state index contributed by atoms with van der Waals surface area (Å²) in [6.45, 7) is 4.07. The lowest BCUT2D eigenvalue weighted by Crippen LogP contribution is -2.35. The maximum Gasteiger partial charge on any atom is 0.694 e. The van der Waals surface area contributed by atoms with Crippen molar-refractivity contribution < 1.29 is 18.8 Å². The van der Waals surface area contributed by atoms with Gasteiger partial charge in [-0.1, -0.05) is 71.1 Å². The summed E-state index contributed by atoms with van der Waals surface area (Å²) < 4.78 is 15.0. The van der Waals surface area contributed by atoms with E-state index in [-0.39, 0.29) is 18.6 Å².